The number of carbonyl (C=O) groups is 3. The Labute approximate surface area is 323 Å². The zero-order chi connectivity index (χ0) is 38.0. The lowest BCUT2D eigenvalue weighted by Crippen LogP contribution is -2.55. The molecule has 5 saturated heterocycles. The maximum Gasteiger partial charge on any atom is 0.269 e. The molecule has 0 aliphatic carbocycles. The van der Waals surface area contributed by atoms with Crippen LogP contribution in [0.1, 0.15) is 68.9 Å². The van der Waals surface area contributed by atoms with Gasteiger partial charge in [0.1, 0.15) is 12.1 Å². The number of piperidine rings is 3. The lowest BCUT2D eigenvalue weighted by atomic mass is 9.77. The van der Waals surface area contributed by atoms with Crippen LogP contribution in [-0.4, -0.2) is 96.9 Å². The van der Waals surface area contributed by atoms with Crippen molar-refractivity contribution in [3.05, 3.63) is 82.3 Å². The number of benzene rings is 2. The molecule has 0 aromatic heterocycles. The molecular weight excluding hydrogens is 702 g/mol. The van der Waals surface area contributed by atoms with E-state index in [0.717, 1.165) is 82.7 Å². The molecule has 54 heavy (non-hydrogen) atoms. The van der Waals surface area contributed by atoms with E-state index in [9.17, 15) is 19.6 Å². The van der Waals surface area contributed by atoms with Crippen LogP contribution < -0.4 is 27.0 Å². The molecule has 286 valence electrons. The number of carbonyl (C=O) groups excluding carboxylic acids is 3. The van der Waals surface area contributed by atoms with E-state index in [0.29, 0.717) is 60.2 Å². The Balaban J connectivity index is 0.823. The van der Waals surface area contributed by atoms with Crippen LogP contribution in [0.25, 0.3) is 0 Å². The Morgan fingerprint density at radius 3 is 2.50 bits per heavy atom. The number of allylic oxidation sites excluding steroid dienone is 2. The maximum atomic E-state index is 13.1. The number of halogens is 1. The summed E-state index contributed by atoms with van der Waals surface area (Å²) in [6, 6.07) is 16.1. The predicted molar refractivity (Wildman–Crippen MR) is 210 cm³/mol. The SMILES string of the molecule is C[C@H]1CC2(CCN(/C(N)=C/C=C(\N)C(=O)N3CC(CN4CCC(c5cccc(NC6CCC(=O)NC6=O)c5)CC4)C3)CC2)CN1c1ccc(C#N)c(Cl)c1. The number of likely N-dealkylation sites (tertiary alicyclic amines) is 3. The second kappa shape index (κ2) is 15.9. The molecular formula is C41H52ClN9O3. The third-order valence-corrected chi connectivity index (χ3v) is 12.6. The average Bonchev–Trinajstić information content (AvgIpc) is 3.47. The number of nitrogens with two attached hydrogens (primary N) is 2. The Bertz CT molecular complexity index is 1850. The van der Waals surface area contributed by atoms with Crippen molar-refractivity contribution in [3.63, 3.8) is 0 Å². The number of imide groups is 1. The van der Waals surface area contributed by atoms with Gasteiger partial charge in [0.2, 0.25) is 11.8 Å². The molecule has 5 fully saturated rings. The summed E-state index contributed by atoms with van der Waals surface area (Å²) in [7, 11) is 0. The van der Waals surface area contributed by atoms with Gasteiger partial charge < -0.3 is 36.4 Å². The standard InChI is InChI=1S/C41H52ClN9O3/c1-27-21-41(26-51(27)33-6-5-31(22-43)34(42)20-33)13-17-49(18-14-41)37(45)9-7-35(44)40(54)50-24-28(25-50)23-48-15-11-29(12-16-48)30-3-2-4-32(19-30)46-36-8-10-38(52)47-39(36)53/h2-7,9,19-20,27-29,36,46H,8,10-18,21,23-26,44-45H2,1H3,(H,47,52,53)/b35-7-,37-9+/t27-,36?/m0/s1. The molecule has 5 aliphatic heterocycles. The van der Waals surface area contributed by atoms with Crippen LogP contribution >= 0.6 is 11.6 Å². The van der Waals surface area contributed by atoms with Gasteiger partial charge in [0.15, 0.2) is 0 Å². The maximum absolute atomic E-state index is 13.1. The smallest absolute Gasteiger partial charge is 0.269 e. The molecule has 1 spiro atoms. The summed E-state index contributed by atoms with van der Waals surface area (Å²) in [4.78, 5) is 45.7. The summed E-state index contributed by atoms with van der Waals surface area (Å²) in [5.74, 6) is 0.912. The molecule has 13 heteroatoms. The van der Waals surface area contributed by atoms with E-state index in [1.807, 2.05) is 29.2 Å². The first-order valence-electron chi connectivity index (χ1n) is 19.4. The van der Waals surface area contributed by atoms with Gasteiger partial charge in [-0.25, -0.2) is 0 Å². The predicted octanol–water partition coefficient (Wildman–Crippen LogP) is 4.09. The zero-order valence-electron chi connectivity index (χ0n) is 31.1. The van der Waals surface area contributed by atoms with E-state index in [-0.39, 0.29) is 34.9 Å². The summed E-state index contributed by atoms with van der Waals surface area (Å²) < 4.78 is 0. The summed E-state index contributed by atoms with van der Waals surface area (Å²) >= 11 is 6.35. The van der Waals surface area contributed by atoms with Crippen molar-refractivity contribution in [2.45, 2.75) is 69.9 Å². The quantitative estimate of drug-likeness (QED) is 0.167. The van der Waals surface area contributed by atoms with Crippen LogP contribution in [0.3, 0.4) is 0 Å². The van der Waals surface area contributed by atoms with Crippen molar-refractivity contribution in [1.29, 1.82) is 5.26 Å². The van der Waals surface area contributed by atoms with Crippen LogP contribution in [0, 0.1) is 22.7 Å². The van der Waals surface area contributed by atoms with Gasteiger partial charge in [-0.05, 0) is 118 Å². The summed E-state index contributed by atoms with van der Waals surface area (Å²) in [5, 5.41) is 15.5. The fraction of sp³-hybridized carbons (Fsp3) is 0.512. The molecule has 2 aromatic rings. The number of hydrogen-bond acceptors (Lipinski definition) is 10. The molecule has 1 unspecified atom stereocenters. The second-order valence-electron chi connectivity index (χ2n) is 16.1. The van der Waals surface area contributed by atoms with Gasteiger partial charge in [-0.1, -0.05) is 23.7 Å². The topological polar surface area (TPSA) is 164 Å². The van der Waals surface area contributed by atoms with Crippen LogP contribution in [-0.2, 0) is 14.4 Å². The normalized spacial score (nSPS) is 24.4. The number of nitrogens with one attached hydrogen (secondary N) is 2. The first-order valence-corrected chi connectivity index (χ1v) is 19.7. The van der Waals surface area contributed by atoms with Crippen LogP contribution in [0.2, 0.25) is 5.02 Å². The van der Waals surface area contributed by atoms with Gasteiger partial charge >= 0.3 is 0 Å². The molecule has 2 aromatic carbocycles. The first-order chi connectivity index (χ1) is 26.0. The molecule has 0 radical (unpaired) electrons. The fourth-order valence-corrected chi connectivity index (χ4v) is 9.37. The van der Waals surface area contributed by atoms with Gasteiger partial charge in [-0.15, -0.1) is 0 Å². The summed E-state index contributed by atoms with van der Waals surface area (Å²) in [6.45, 7) is 9.29. The number of nitriles is 1. The molecule has 7 rings (SSSR count). The van der Waals surface area contributed by atoms with Crippen LogP contribution in [0.5, 0.6) is 0 Å². The number of rotatable bonds is 9. The molecule has 2 atom stereocenters. The number of nitrogens with zero attached hydrogens (tertiary/aromatic N) is 5. The zero-order valence-corrected chi connectivity index (χ0v) is 31.9. The monoisotopic (exact) mass is 753 g/mol. The number of amides is 3. The van der Waals surface area contributed by atoms with Gasteiger partial charge in [0, 0.05) is 69.0 Å². The number of hydrogen-bond donors (Lipinski definition) is 4. The molecule has 12 nitrogen and oxygen atoms in total. The second-order valence-corrected chi connectivity index (χ2v) is 16.5. The molecule has 5 heterocycles. The summed E-state index contributed by atoms with van der Waals surface area (Å²) in [5.41, 5.74) is 16.9. The van der Waals surface area contributed by atoms with Crippen LogP contribution in [0.4, 0.5) is 11.4 Å². The molecule has 3 amide bonds. The van der Waals surface area contributed by atoms with Gasteiger partial charge in [0.25, 0.3) is 5.91 Å². The van der Waals surface area contributed by atoms with Crippen molar-refractivity contribution in [1.82, 2.24) is 20.0 Å². The Morgan fingerprint density at radius 2 is 1.80 bits per heavy atom. The molecule has 0 bridgehead atoms. The van der Waals surface area contributed by atoms with Gasteiger partial charge in [0.05, 0.1) is 22.1 Å². The Hall–Kier alpha value is -4.73. The highest BCUT2D eigenvalue weighted by Gasteiger charge is 2.44. The van der Waals surface area contributed by atoms with Crippen molar-refractivity contribution in [2.75, 3.05) is 62.6 Å². The largest absolute Gasteiger partial charge is 0.394 e. The van der Waals surface area contributed by atoms with Crippen molar-refractivity contribution >= 4 is 40.7 Å². The van der Waals surface area contributed by atoms with E-state index in [1.54, 1.807) is 18.2 Å². The minimum Gasteiger partial charge on any atom is -0.394 e. The van der Waals surface area contributed by atoms with E-state index < -0.39 is 0 Å². The van der Waals surface area contributed by atoms with Crippen LogP contribution in [0.15, 0.2) is 66.1 Å². The fourth-order valence-electron chi connectivity index (χ4n) is 9.15. The van der Waals surface area contributed by atoms with Crippen molar-refractivity contribution < 1.29 is 14.4 Å². The lowest BCUT2D eigenvalue weighted by Gasteiger charge is -2.43. The molecule has 5 aliphatic rings. The third-order valence-electron chi connectivity index (χ3n) is 12.3. The highest BCUT2D eigenvalue weighted by Crippen LogP contribution is 2.45. The van der Waals surface area contributed by atoms with Gasteiger partial charge in [-0.3, -0.25) is 19.7 Å². The average molecular weight is 754 g/mol. The highest BCUT2D eigenvalue weighted by atomic mass is 35.5. The molecule has 0 saturated carbocycles. The summed E-state index contributed by atoms with van der Waals surface area (Å²) in [6.07, 6.45) is 9.55. The highest BCUT2D eigenvalue weighted by molar-refractivity contribution is 6.32. The first kappa shape index (κ1) is 37.6. The van der Waals surface area contributed by atoms with E-state index in [2.05, 4.69) is 50.5 Å². The van der Waals surface area contributed by atoms with E-state index in [4.69, 9.17) is 23.1 Å². The third kappa shape index (κ3) is 8.32. The Kier molecular flexibility index (Phi) is 11.1. The van der Waals surface area contributed by atoms with E-state index >= 15 is 0 Å². The van der Waals surface area contributed by atoms with Crippen molar-refractivity contribution in [3.8, 4) is 6.07 Å². The Morgan fingerprint density at radius 1 is 1.04 bits per heavy atom. The van der Waals surface area contributed by atoms with Crippen molar-refractivity contribution in [2.24, 2.45) is 22.8 Å². The van der Waals surface area contributed by atoms with Gasteiger partial charge in [-0.2, -0.15) is 5.26 Å². The lowest BCUT2D eigenvalue weighted by molar-refractivity contribution is -0.134. The number of anilines is 2. The molecule has 6 N–H and O–H groups in total. The van der Waals surface area contributed by atoms with E-state index in [1.165, 1.54) is 5.56 Å². The minimum absolute atomic E-state index is 0.139. The minimum atomic E-state index is -0.388.